The number of carbonyl (C=O) groups excluding carboxylic acids is 1. The van der Waals surface area contributed by atoms with Gasteiger partial charge in [0.25, 0.3) is 0 Å². The summed E-state index contributed by atoms with van der Waals surface area (Å²) in [6.45, 7) is 8.17. The summed E-state index contributed by atoms with van der Waals surface area (Å²) in [7, 11) is 0. The van der Waals surface area contributed by atoms with Crippen molar-refractivity contribution < 1.29 is 4.79 Å². The van der Waals surface area contributed by atoms with E-state index >= 15 is 0 Å². The van der Waals surface area contributed by atoms with Crippen molar-refractivity contribution in [2.45, 2.75) is 46.1 Å². The summed E-state index contributed by atoms with van der Waals surface area (Å²) in [6, 6.07) is 10.8. The number of hydrogen-bond acceptors (Lipinski definition) is 2. The van der Waals surface area contributed by atoms with Crippen molar-refractivity contribution in [3.8, 4) is 0 Å². The highest BCUT2D eigenvalue weighted by Gasteiger charge is 2.28. The lowest BCUT2D eigenvalue weighted by molar-refractivity contribution is -0.124. The summed E-state index contributed by atoms with van der Waals surface area (Å²) in [4.78, 5) is 14.4. The van der Waals surface area contributed by atoms with E-state index in [-0.39, 0.29) is 17.9 Å². The number of nitrogens with one attached hydrogen (secondary N) is 1. The number of benzene rings is 1. The number of hydrogen-bond donors (Lipinski definition) is 1. The lowest BCUT2D eigenvalue weighted by atomic mass is 9.90. The Kier molecular flexibility index (Phi) is 5.66. The first-order valence-electron chi connectivity index (χ1n) is 8.20. The van der Waals surface area contributed by atoms with Crippen molar-refractivity contribution in [2.24, 2.45) is 11.8 Å². The van der Waals surface area contributed by atoms with E-state index < -0.39 is 0 Å². The Morgan fingerprint density at radius 2 is 2.00 bits per heavy atom. The number of anilines is 1. The first kappa shape index (κ1) is 15.9. The molecule has 0 aromatic heterocycles. The summed E-state index contributed by atoms with van der Waals surface area (Å²) in [5.74, 6) is 0.897. The zero-order valence-electron chi connectivity index (χ0n) is 13.5. The van der Waals surface area contributed by atoms with E-state index in [1.165, 1.54) is 18.5 Å². The fraction of sp³-hybridized carbons (Fsp3) is 0.611. The van der Waals surface area contributed by atoms with Gasteiger partial charge in [-0.3, -0.25) is 4.79 Å². The van der Waals surface area contributed by atoms with E-state index in [0.29, 0.717) is 5.92 Å². The van der Waals surface area contributed by atoms with Gasteiger partial charge in [0.1, 0.15) is 0 Å². The Morgan fingerprint density at radius 3 is 2.62 bits per heavy atom. The average Bonchev–Trinajstić information content (AvgIpc) is 2.48. The maximum absolute atomic E-state index is 12.0. The summed E-state index contributed by atoms with van der Waals surface area (Å²) in [5.41, 5.74) is 1.27. The van der Waals surface area contributed by atoms with Gasteiger partial charge in [0.05, 0.1) is 0 Å². The van der Waals surface area contributed by atoms with Gasteiger partial charge in [0.2, 0.25) is 5.91 Å². The Labute approximate surface area is 128 Å². The Balaban J connectivity index is 2.06. The normalized spacial score (nSPS) is 22.4. The van der Waals surface area contributed by atoms with Crippen LogP contribution in [0.2, 0.25) is 0 Å². The molecule has 2 unspecified atom stereocenters. The minimum atomic E-state index is 0.0572. The van der Waals surface area contributed by atoms with Gasteiger partial charge in [0, 0.05) is 30.7 Å². The molecule has 0 saturated carbocycles. The van der Waals surface area contributed by atoms with Crippen LogP contribution < -0.4 is 10.2 Å². The number of amides is 1. The predicted octanol–water partition coefficient (Wildman–Crippen LogP) is 3.45. The molecule has 1 aliphatic rings. The van der Waals surface area contributed by atoms with Crippen molar-refractivity contribution in [3.05, 3.63) is 30.3 Å². The highest BCUT2D eigenvalue weighted by Crippen LogP contribution is 2.26. The summed E-state index contributed by atoms with van der Waals surface area (Å²) in [6.07, 6.45) is 3.55. The van der Waals surface area contributed by atoms with Crippen LogP contribution in [-0.4, -0.2) is 25.0 Å². The van der Waals surface area contributed by atoms with Gasteiger partial charge in [-0.1, -0.05) is 45.4 Å². The zero-order chi connectivity index (χ0) is 15.2. The van der Waals surface area contributed by atoms with Crippen molar-refractivity contribution in [2.75, 3.05) is 18.0 Å². The molecule has 3 heteroatoms. The van der Waals surface area contributed by atoms with Gasteiger partial charge in [-0.05, 0) is 30.9 Å². The van der Waals surface area contributed by atoms with Gasteiger partial charge in [-0.15, -0.1) is 0 Å². The van der Waals surface area contributed by atoms with Crippen molar-refractivity contribution in [1.29, 1.82) is 0 Å². The number of rotatable bonds is 5. The molecule has 1 aromatic rings. The topological polar surface area (TPSA) is 32.3 Å². The minimum absolute atomic E-state index is 0.0572. The van der Waals surface area contributed by atoms with Crippen LogP contribution in [0.15, 0.2) is 30.3 Å². The standard InChI is InChI=1S/C18H28N2O/c1-4-8-15-11-16(19-18(21)14(2)3)13-20(12-15)17-9-6-5-7-10-17/h5-7,9-10,14-16H,4,8,11-13H2,1-3H3,(H,19,21). The van der Waals surface area contributed by atoms with E-state index in [9.17, 15) is 4.79 Å². The zero-order valence-corrected chi connectivity index (χ0v) is 13.5. The van der Waals surface area contributed by atoms with Crippen LogP contribution in [0.4, 0.5) is 5.69 Å². The lowest BCUT2D eigenvalue weighted by Crippen LogP contribution is -2.51. The highest BCUT2D eigenvalue weighted by molar-refractivity contribution is 5.78. The summed E-state index contributed by atoms with van der Waals surface area (Å²) >= 11 is 0. The van der Waals surface area contributed by atoms with E-state index in [1.54, 1.807) is 0 Å². The first-order chi connectivity index (χ1) is 10.1. The lowest BCUT2D eigenvalue weighted by Gasteiger charge is -2.39. The first-order valence-corrected chi connectivity index (χ1v) is 8.20. The summed E-state index contributed by atoms with van der Waals surface area (Å²) < 4.78 is 0. The third-order valence-electron chi connectivity index (χ3n) is 4.23. The molecule has 1 fully saturated rings. The van der Waals surface area contributed by atoms with Crippen molar-refractivity contribution in [3.63, 3.8) is 0 Å². The van der Waals surface area contributed by atoms with Crippen LogP contribution >= 0.6 is 0 Å². The van der Waals surface area contributed by atoms with Gasteiger partial charge in [0.15, 0.2) is 0 Å². The van der Waals surface area contributed by atoms with E-state index in [4.69, 9.17) is 0 Å². The molecule has 1 saturated heterocycles. The molecule has 1 aliphatic heterocycles. The van der Waals surface area contributed by atoms with Crippen molar-refractivity contribution >= 4 is 11.6 Å². The average molecular weight is 288 g/mol. The minimum Gasteiger partial charge on any atom is -0.369 e. The second kappa shape index (κ2) is 7.48. The number of para-hydroxylation sites is 1. The molecule has 1 aromatic carbocycles. The molecule has 0 aliphatic carbocycles. The van der Waals surface area contributed by atoms with Crippen molar-refractivity contribution in [1.82, 2.24) is 5.32 Å². The van der Waals surface area contributed by atoms with Gasteiger partial charge in [-0.25, -0.2) is 0 Å². The number of carbonyl (C=O) groups is 1. The molecular weight excluding hydrogens is 260 g/mol. The third-order valence-corrected chi connectivity index (χ3v) is 4.23. The molecule has 1 amide bonds. The van der Waals surface area contributed by atoms with Gasteiger partial charge in [-0.2, -0.15) is 0 Å². The molecule has 2 rings (SSSR count). The molecule has 1 N–H and O–H groups in total. The second-order valence-corrected chi connectivity index (χ2v) is 6.49. The Morgan fingerprint density at radius 1 is 1.29 bits per heavy atom. The maximum Gasteiger partial charge on any atom is 0.222 e. The molecule has 1 heterocycles. The SMILES string of the molecule is CCCC1CC(NC(=O)C(C)C)CN(c2ccccc2)C1. The molecular formula is C18H28N2O. The van der Waals surface area contributed by atoms with Crippen LogP contribution in [0.25, 0.3) is 0 Å². The van der Waals surface area contributed by atoms with E-state index in [0.717, 1.165) is 19.5 Å². The second-order valence-electron chi connectivity index (χ2n) is 6.49. The molecule has 2 atom stereocenters. The quantitative estimate of drug-likeness (QED) is 0.900. The van der Waals surface area contributed by atoms with Crippen LogP contribution in [0.3, 0.4) is 0 Å². The maximum atomic E-state index is 12.0. The fourth-order valence-electron chi connectivity index (χ4n) is 3.14. The molecule has 0 bridgehead atoms. The predicted molar refractivity (Wildman–Crippen MR) is 88.4 cm³/mol. The monoisotopic (exact) mass is 288 g/mol. The molecule has 3 nitrogen and oxygen atoms in total. The smallest absolute Gasteiger partial charge is 0.222 e. The molecule has 0 spiro atoms. The fourth-order valence-corrected chi connectivity index (χ4v) is 3.14. The van der Waals surface area contributed by atoms with Crippen LogP contribution in [-0.2, 0) is 4.79 Å². The summed E-state index contributed by atoms with van der Waals surface area (Å²) in [5, 5.41) is 3.23. The van der Waals surface area contributed by atoms with E-state index in [2.05, 4.69) is 47.5 Å². The van der Waals surface area contributed by atoms with Crippen LogP contribution in [0.5, 0.6) is 0 Å². The van der Waals surface area contributed by atoms with Gasteiger partial charge >= 0.3 is 0 Å². The number of piperidine rings is 1. The van der Waals surface area contributed by atoms with Crippen LogP contribution in [0.1, 0.15) is 40.0 Å². The van der Waals surface area contributed by atoms with E-state index in [1.807, 2.05) is 13.8 Å². The Bertz CT molecular complexity index is 444. The molecule has 116 valence electrons. The van der Waals surface area contributed by atoms with Gasteiger partial charge < -0.3 is 10.2 Å². The Hall–Kier alpha value is -1.51. The van der Waals surface area contributed by atoms with Crippen LogP contribution in [0, 0.1) is 11.8 Å². The largest absolute Gasteiger partial charge is 0.369 e. The third kappa shape index (κ3) is 4.48. The molecule has 21 heavy (non-hydrogen) atoms. The molecule has 0 radical (unpaired) electrons. The highest BCUT2D eigenvalue weighted by atomic mass is 16.1. The number of nitrogens with zero attached hydrogens (tertiary/aromatic N) is 1.